The lowest BCUT2D eigenvalue weighted by atomic mass is 9.93. The molecule has 2 heterocycles. The fourth-order valence-electron chi connectivity index (χ4n) is 6.26. The zero-order valence-corrected chi connectivity index (χ0v) is 28.6. The summed E-state index contributed by atoms with van der Waals surface area (Å²) < 4.78 is 0. The highest BCUT2D eigenvalue weighted by Gasteiger charge is 2.46. The Morgan fingerprint density at radius 2 is 1.55 bits per heavy atom. The SMILES string of the molecule is CNC(C)C(=O)N[C@@H]1C(=O)N(C(c2ccccc2C#N)c2[nH]nc3ccccc23)c2ccc(C#N)cc2N(C(=O)c2ccc(C#N)cc2)[C@H]1C.Cl. The van der Waals surface area contributed by atoms with E-state index < -0.39 is 41.9 Å². The van der Waals surface area contributed by atoms with E-state index in [1.54, 1.807) is 57.3 Å². The number of carbonyl (C=O) groups excluding carboxylic acids is 3. The zero-order valence-electron chi connectivity index (χ0n) is 27.8. The van der Waals surface area contributed by atoms with Crippen LogP contribution in [0.4, 0.5) is 11.4 Å². The number of hydrogen-bond donors (Lipinski definition) is 3. The van der Waals surface area contributed by atoms with Crippen LogP contribution >= 0.6 is 12.4 Å². The topological polar surface area (TPSA) is 182 Å². The molecule has 51 heavy (non-hydrogen) atoms. The molecule has 3 amide bonds. The molecule has 3 N–H and O–H groups in total. The molecule has 6 rings (SSSR count). The van der Waals surface area contributed by atoms with Crippen LogP contribution in [0.3, 0.4) is 0 Å². The normalized spacial score (nSPS) is 16.4. The number of halogens is 1. The van der Waals surface area contributed by atoms with Crippen LogP contribution in [0.2, 0.25) is 0 Å². The van der Waals surface area contributed by atoms with Crippen molar-refractivity contribution >= 4 is 52.4 Å². The largest absolute Gasteiger partial charge is 0.341 e. The molecule has 2 unspecified atom stereocenters. The summed E-state index contributed by atoms with van der Waals surface area (Å²) in [6.45, 7) is 3.31. The van der Waals surface area contributed by atoms with Gasteiger partial charge in [0.15, 0.2) is 0 Å². The van der Waals surface area contributed by atoms with Gasteiger partial charge in [-0.05, 0) is 81.1 Å². The lowest BCUT2D eigenvalue weighted by molar-refractivity contribution is -0.129. The van der Waals surface area contributed by atoms with Gasteiger partial charge in [0.05, 0.1) is 69.6 Å². The Hall–Kier alpha value is -6.52. The average molecular weight is 698 g/mol. The molecule has 4 aromatic carbocycles. The summed E-state index contributed by atoms with van der Waals surface area (Å²) in [4.78, 5) is 46.2. The second-order valence-electron chi connectivity index (χ2n) is 11.9. The molecule has 254 valence electrons. The first-order chi connectivity index (χ1) is 24.2. The summed E-state index contributed by atoms with van der Waals surface area (Å²) >= 11 is 0. The molecular weight excluding hydrogens is 666 g/mol. The lowest BCUT2D eigenvalue weighted by Crippen LogP contribution is -2.60. The Morgan fingerprint density at radius 1 is 0.882 bits per heavy atom. The number of nitrogens with zero attached hydrogens (tertiary/aromatic N) is 6. The first-order valence-corrected chi connectivity index (χ1v) is 15.8. The summed E-state index contributed by atoms with van der Waals surface area (Å²) in [7, 11) is 1.62. The highest BCUT2D eigenvalue weighted by Crippen LogP contribution is 2.44. The molecule has 0 radical (unpaired) electrons. The minimum Gasteiger partial charge on any atom is -0.341 e. The fourth-order valence-corrected chi connectivity index (χ4v) is 6.26. The van der Waals surface area contributed by atoms with Crippen LogP contribution in [0.1, 0.15) is 58.2 Å². The van der Waals surface area contributed by atoms with E-state index in [9.17, 15) is 25.4 Å². The molecule has 1 aromatic heterocycles. The number of rotatable bonds is 7. The first kappa shape index (κ1) is 35.8. The van der Waals surface area contributed by atoms with E-state index in [1.807, 2.05) is 30.3 Å². The third kappa shape index (κ3) is 6.48. The van der Waals surface area contributed by atoms with E-state index >= 15 is 4.79 Å². The van der Waals surface area contributed by atoms with E-state index in [2.05, 4.69) is 33.0 Å². The van der Waals surface area contributed by atoms with Gasteiger partial charge in [-0.3, -0.25) is 24.4 Å². The van der Waals surface area contributed by atoms with Crippen LogP contribution < -0.4 is 20.4 Å². The Kier molecular flexibility index (Phi) is 10.5. The molecule has 0 saturated carbocycles. The van der Waals surface area contributed by atoms with Gasteiger partial charge in [0.25, 0.3) is 11.8 Å². The maximum Gasteiger partial charge on any atom is 0.258 e. The Morgan fingerprint density at radius 3 is 2.24 bits per heavy atom. The molecule has 0 aliphatic carbocycles. The summed E-state index contributed by atoms with van der Waals surface area (Å²) in [5, 5.41) is 43.7. The van der Waals surface area contributed by atoms with Crippen LogP contribution in [0, 0.1) is 34.0 Å². The third-order valence-electron chi connectivity index (χ3n) is 9.02. The Balaban J connectivity index is 0.00000504. The van der Waals surface area contributed by atoms with Gasteiger partial charge in [0.1, 0.15) is 12.1 Å². The second kappa shape index (κ2) is 14.9. The quantitative estimate of drug-likeness (QED) is 0.215. The number of H-pyrrole nitrogens is 1. The predicted octanol–water partition coefficient (Wildman–Crippen LogP) is 4.86. The van der Waals surface area contributed by atoms with Crippen molar-refractivity contribution in [3.63, 3.8) is 0 Å². The Bertz CT molecular complexity index is 2270. The van der Waals surface area contributed by atoms with Crippen LogP contribution in [0.15, 0.2) is 91.0 Å². The molecule has 4 atom stereocenters. The molecule has 0 bridgehead atoms. The van der Waals surface area contributed by atoms with E-state index in [0.717, 1.165) is 0 Å². The van der Waals surface area contributed by atoms with E-state index in [1.165, 1.54) is 40.1 Å². The van der Waals surface area contributed by atoms with Crippen molar-refractivity contribution in [3.8, 4) is 18.2 Å². The number of fused-ring (bicyclic) bond motifs is 2. The third-order valence-corrected chi connectivity index (χ3v) is 9.02. The van der Waals surface area contributed by atoms with Gasteiger partial charge < -0.3 is 15.5 Å². The first-order valence-electron chi connectivity index (χ1n) is 15.8. The van der Waals surface area contributed by atoms with Gasteiger partial charge in [-0.25, -0.2) is 0 Å². The minimum absolute atomic E-state index is 0. The molecule has 0 spiro atoms. The van der Waals surface area contributed by atoms with Crippen molar-refractivity contribution in [2.45, 2.75) is 38.0 Å². The average Bonchev–Trinajstić information content (AvgIpc) is 3.56. The van der Waals surface area contributed by atoms with Crippen molar-refractivity contribution in [3.05, 3.63) is 125 Å². The van der Waals surface area contributed by atoms with E-state index in [-0.39, 0.29) is 34.9 Å². The lowest BCUT2D eigenvalue weighted by Gasteiger charge is -2.34. The highest BCUT2D eigenvalue weighted by molar-refractivity contribution is 6.14. The van der Waals surface area contributed by atoms with Crippen LogP contribution in [-0.2, 0) is 9.59 Å². The number of aromatic nitrogens is 2. The molecule has 0 fully saturated rings. The van der Waals surface area contributed by atoms with E-state index in [0.29, 0.717) is 33.3 Å². The maximum absolute atomic E-state index is 15.3. The molecule has 13 heteroatoms. The molecule has 1 aliphatic heterocycles. The summed E-state index contributed by atoms with van der Waals surface area (Å²) in [5.41, 5.74) is 3.21. The molecule has 5 aromatic rings. The number of nitrogens with one attached hydrogen (secondary N) is 3. The van der Waals surface area contributed by atoms with Crippen molar-refractivity contribution in [1.82, 2.24) is 20.8 Å². The van der Waals surface area contributed by atoms with Crippen molar-refractivity contribution in [2.24, 2.45) is 0 Å². The van der Waals surface area contributed by atoms with Crippen LogP contribution in [0.25, 0.3) is 10.9 Å². The van der Waals surface area contributed by atoms with E-state index in [4.69, 9.17) is 0 Å². The zero-order chi connectivity index (χ0) is 35.5. The number of amides is 3. The number of benzene rings is 4. The number of aromatic amines is 1. The fraction of sp³-hybridized carbons (Fsp3) is 0.184. The van der Waals surface area contributed by atoms with Gasteiger partial charge in [-0.2, -0.15) is 20.9 Å². The smallest absolute Gasteiger partial charge is 0.258 e. The molecule has 0 saturated heterocycles. The summed E-state index contributed by atoms with van der Waals surface area (Å²) in [6.07, 6.45) is 0. The number of para-hydroxylation sites is 1. The van der Waals surface area contributed by atoms with Gasteiger partial charge in [-0.15, -0.1) is 12.4 Å². The summed E-state index contributed by atoms with van der Waals surface area (Å²) in [5.74, 6) is -1.56. The number of anilines is 2. The number of nitriles is 3. The van der Waals surface area contributed by atoms with Crippen molar-refractivity contribution < 1.29 is 14.4 Å². The van der Waals surface area contributed by atoms with Crippen molar-refractivity contribution in [1.29, 1.82) is 15.8 Å². The Labute approximate surface area is 300 Å². The minimum atomic E-state index is -1.30. The monoisotopic (exact) mass is 697 g/mol. The second-order valence-corrected chi connectivity index (χ2v) is 11.9. The standard InChI is InChI=1S/C38H31N9O3.ClH/c1-22(42-3)36(48)43-33-23(2)46(37(49)26-15-12-24(19-39)13-16-26)32-18-25(20-40)14-17-31(32)47(38(33)50)35(28-9-5-4-8-27(28)21-41)34-29-10-6-7-11-30(29)44-45-34;/h4-18,22-23,33,35,42H,1-3H3,(H,43,48)(H,44,45);1H/t22?,23-,33-,35?;/m0./s1. The number of hydrogen-bond acceptors (Lipinski definition) is 8. The summed E-state index contributed by atoms with van der Waals surface area (Å²) in [6, 6.07) is 27.5. The van der Waals surface area contributed by atoms with Gasteiger partial charge in [-0.1, -0.05) is 36.4 Å². The van der Waals surface area contributed by atoms with Gasteiger partial charge in [0, 0.05) is 10.9 Å². The van der Waals surface area contributed by atoms with Gasteiger partial charge in [0.2, 0.25) is 5.91 Å². The van der Waals surface area contributed by atoms with Gasteiger partial charge >= 0.3 is 0 Å². The number of likely N-dealkylation sites (N-methyl/N-ethyl adjacent to an activating group) is 1. The van der Waals surface area contributed by atoms with Crippen LogP contribution in [0.5, 0.6) is 0 Å². The van der Waals surface area contributed by atoms with Crippen LogP contribution in [-0.4, -0.2) is 53.1 Å². The predicted molar refractivity (Wildman–Crippen MR) is 193 cm³/mol. The van der Waals surface area contributed by atoms with Crippen molar-refractivity contribution in [2.75, 3.05) is 16.8 Å². The highest BCUT2D eigenvalue weighted by atomic mass is 35.5. The molecule has 12 nitrogen and oxygen atoms in total. The number of carbonyl (C=O) groups is 3. The molecular formula is C38H32ClN9O3. The maximum atomic E-state index is 15.3. The molecule has 1 aliphatic rings.